The molecule has 20 heavy (non-hydrogen) atoms. The van der Waals surface area contributed by atoms with Gasteiger partial charge in [-0.3, -0.25) is 0 Å². The van der Waals surface area contributed by atoms with Crippen LogP contribution in [-0.2, 0) is 13.0 Å². The number of nitriles is 1. The summed E-state index contributed by atoms with van der Waals surface area (Å²) in [6.07, 6.45) is 2.69. The average molecular weight is 272 g/mol. The van der Waals surface area contributed by atoms with Gasteiger partial charge in [0.1, 0.15) is 11.7 Å². The molecule has 0 saturated heterocycles. The van der Waals surface area contributed by atoms with Gasteiger partial charge in [0, 0.05) is 23.8 Å². The van der Waals surface area contributed by atoms with E-state index in [0.717, 1.165) is 24.0 Å². The number of fused-ring (bicyclic) bond motifs is 1. The van der Waals surface area contributed by atoms with Crippen molar-refractivity contribution >= 4 is 11.0 Å². The molecule has 0 N–H and O–H groups in total. The van der Waals surface area contributed by atoms with E-state index < -0.39 is 0 Å². The van der Waals surface area contributed by atoms with Crippen LogP contribution in [0.25, 0.3) is 11.0 Å². The maximum atomic E-state index is 8.90. The van der Waals surface area contributed by atoms with Crippen LogP contribution in [0.1, 0.15) is 53.1 Å². The quantitative estimate of drug-likeness (QED) is 0.832. The Hall–Kier alpha value is -1.89. The summed E-state index contributed by atoms with van der Waals surface area (Å²) < 4.78 is 2.21. The maximum Gasteiger partial charge on any atom is 0.234 e. The van der Waals surface area contributed by atoms with Crippen LogP contribution >= 0.6 is 0 Å². The van der Waals surface area contributed by atoms with Crippen LogP contribution in [0.3, 0.4) is 0 Å². The van der Waals surface area contributed by atoms with Crippen LogP contribution in [0.2, 0.25) is 0 Å². The lowest BCUT2D eigenvalue weighted by molar-refractivity contribution is 0.344. The van der Waals surface area contributed by atoms with Crippen LogP contribution in [0.5, 0.6) is 0 Å². The van der Waals surface area contributed by atoms with Crippen molar-refractivity contribution in [2.24, 2.45) is 5.41 Å². The van der Waals surface area contributed by atoms with Crippen molar-refractivity contribution in [3.63, 3.8) is 0 Å². The molecule has 2 rings (SSSR count). The van der Waals surface area contributed by atoms with Gasteiger partial charge in [0.05, 0.1) is 0 Å². The largest absolute Gasteiger partial charge is 0.329 e. The minimum atomic E-state index is 0.174. The number of hydrogen-bond acceptors (Lipinski definition) is 3. The Balaban J connectivity index is 0.000000956. The van der Waals surface area contributed by atoms with Crippen LogP contribution in [0, 0.1) is 16.7 Å². The second-order valence-corrected chi connectivity index (χ2v) is 5.72. The first-order chi connectivity index (χ1) is 9.44. The summed E-state index contributed by atoms with van der Waals surface area (Å²) in [6, 6.07) is 4.11. The molecule has 2 aromatic rings. The number of hydrogen-bond donors (Lipinski definition) is 0. The zero-order chi connectivity index (χ0) is 15.3. The van der Waals surface area contributed by atoms with Crippen LogP contribution in [0.4, 0.5) is 0 Å². The highest BCUT2D eigenvalue weighted by Gasteiger charge is 2.17. The van der Waals surface area contributed by atoms with Gasteiger partial charge in [-0.1, -0.05) is 41.5 Å². The molecule has 0 spiro atoms. The highest BCUT2D eigenvalue weighted by Crippen LogP contribution is 2.24. The van der Waals surface area contributed by atoms with Gasteiger partial charge >= 0.3 is 0 Å². The molecule has 4 heteroatoms. The highest BCUT2D eigenvalue weighted by molar-refractivity contribution is 5.76. The van der Waals surface area contributed by atoms with Gasteiger partial charge in [-0.25, -0.2) is 9.97 Å². The van der Waals surface area contributed by atoms with Gasteiger partial charge in [0.15, 0.2) is 0 Å². The van der Waals surface area contributed by atoms with Crippen LogP contribution in [0.15, 0.2) is 12.3 Å². The molecule has 0 aromatic carbocycles. The number of aromatic nitrogens is 3. The molecule has 108 valence electrons. The van der Waals surface area contributed by atoms with Crippen molar-refractivity contribution in [1.82, 2.24) is 14.5 Å². The molecule has 0 aliphatic heterocycles. The fourth-order valence-corrected chi connectivity index (χ4v) is 2.09. The van der Waals surface area contributed by atoms with Gasteiger partial charge in [-0.2, -0.15) is 5.26 Å². The molecule has 0 aliphatic rings. The summed E-state index contributed by atoms with van der Waals surface area (Å²) >= 11 is 0. The Morgan fingerprint density at radius 1 is 1.30 bits per heavy atom. The number of rotatable bonds is 2. The summed E-state index contributed by atoms with van der Waals surface area (Å²) in [5.74, 6) is 0.235. The van der Waals surface area contributed by atoms with Crippen molar-refractivity contribution < 1.29 is 0 Å². The summed E-state index contributed by atoms with van der Waals surface area (Å²) in [7, 11) is 0. The summed E-state index contributed by atoms with van der Waals surface area (Å²) in [6.45, 7) is 13.6. The molecule has 2 heterocycles. The molecule has 0 amide bonds. The Bertz CT molecular complexity index is 612. The Morgan fingerprint density at radius 2 is 1.95 bits per heavy atom. The fourth-order valence-electron chi connectivity index (χ4n) is 2.09. The van der Waals surface area contributed by atoms with E-state index in [1.54, 1.807) is 6.20 Å². The molecular weight excluding hydrogens is 248 g/mol. The monoisotopic (exact) mass is 272 g/mol. The van der Waals surface area contributed by atoms with Crippen molar-refractivity contribution in [1.29, 1.82) is 5.26 Å². The Morgan fingerprint density at radius 3 is 2.45 bits per heavy atom. The Labute approximate surface area is 121 Å². The smallest absolute Gasteiger partial charge is 0.234 e. The summed E-state index contributed by atoms with van der Waals surface area (Å²) in [5.41, 5.74) is 2.28. The first-order valence-electron chi connectivity index (χ1n) is 7.20. The third-order valence-electron chi connectivity index (χ3n) is 2.82. The highest BCUT2D eigenvalue weighted by atomic mass is 15.1. The van der Waals surface area contributed by atoms with E-state index in [1.807, 2.05) is 19.9 Å². The number of nitrogens with zero attached hydrogens (tertiary/aromatic N) is 4. The van der Waals surface area contributed by atoms with Crippen LogP contribution < -0.4 is 0 Å². The maximum absolute atomic E-state index is 8.90. The third kappa shape index (κ3) is 3.57. The van der Waals surface area contributed by atoms with Crippen LogP contribution in [-0.4, -0.2) is 14.5 Å². The predicted octanol–water partition coefficient (Wildman–Crippen LogP) is 3.94. The van der Waals surface area contributed by atoms with E-state index in [0.29, 0.717) is 0 Å². The molecule has 0 atom stereocenters. The van der Waals surface area contributed by atoms with Gasteiger partial charge in [0.25, 0.3) is 0 Å². The zero-order valence-electron chi connectivity index (χ0n) is 13.4. The van der Waals surface area contributed by atoms with E-state index in [1.165, 1.54) is 5.69 Å². The minimum absolute atomic E-state index is 0.174. The van der Waals surface area contributed by atoms with Gasteiger partial charge in [-0.05, 0) is 17.9 Å². The van der Waals surface area contributed by atoms with Gasteiger partial charge < -0.3 is 4.57 Å². The predicted molar refractivity (Wildman–Crippen MR) is 82.4 cm³/mol. The fraction of sp³-hybridized carbons (Fsp3) is 0.562. The van der Waals surface area contributed by atoms with Crippen molar-refractivity contribution in [2.45, 2.75) is 54.5 Å². The molecule has 4 nitrogen and oxygen atoms in total. The third-order valence-corrected chi connectivity index (χ3v) is 2.82. The Kier molecular flexibility index (Phi) is 5.26. The van der Waals surface area contributed by atoms with E-state index >= 15 is 0 Å². The molecule has 2 aromatic heterocycles. The van der Waals surface area contributed by atoms with Crippen molar-refractivity contribution in [3.8, 4) is 6.07 Å². The van der Waals surface area contributed by atoms with E-state index in [2.05, 4.69) is 48.3 Å². The van der Waals surface area contributed by atoms with Crippen molar-refractivity contribution in [3.05, 3.63) is 23.8 Å². The molecule has 0 aliphatic carbocycles. The lowest BCUT2D eigenvalue weighted by atomic mass is 9.97. The van der Waals surface area contributed by atoms with E-state index in [4.69, 9.17) is 5.26 Å². The van der Waals surface area contributed by atoms with Gasteiger partial charge in [-0.15, -0.1) is 0 Å². The van der Waals surface area contributed by atoms with Crippen molar-refractivity contribution in [2.75, 3.05) is 0 Å². The topological polar surface area (TPSA) is 54.5 Å². The molecular formula is C16H24N4. The minimum Gasteiger partial charge on any atom is -0.329 e. The summed E-state index contributed by atoms with van der Waals surface area (Å²) in [4.78, 5) is 8.36. The SMILES string of the molecule is CC.CCc1cc2cnc(C#N)nc2n1CC(C)(C)C. The first-order valence-corrected chi connectivity index (χ1v) is 7.20. The molecule has 0 saturated carbocycles. The second-order valence-electron chi connectivity index (χ2n) is 5.72. The van der Waals surface area contributed by atoms with E-state index in [-0.39, 0.29) is 11.2 Å². The summed E-state index contributed by atoms with van der Waals surface area (Å²) in [5, 5.41) is 9.91. The second kappa shape index (κ2) is 6.51. The van der Waals surface area contributed by atoms with E-state index in [9.17, 15) is 0 Å². The molecule has 0 unspecified atom stereocenters. The molecule has 0 radical (unpaired) electrons. The molecule has 0 bridgehead atoms. The average Bonchev–Trinajstić information content (AvgIpc) is 2.76. The lowest BCUT2D eigenvalue weighted by Gasteiger charge is -2.21. The van der Waals surface area contributed by atoms with Gasteiger partial charge in [0.2, 0.25) is 5.82 Å². The lowest BCUT2D eigenvalue weighted by Crippen LogP contribution is -2.17. The normalized spacial score (nSPS) is 10.8. The standard InChI is InChI=1S/C14H18N4.C2H6/c1-5-11-6-10-8-16-12(7-15)17-13(10)18(11)9-14(2,3)4;1-2/h6,8H,5,9H2,1-4H3;1-2H3. The first kappa shape index (κ1) is 16.2. The number of aryl methyl sites for hydroxylation is 1. The molecule has 0 fully saturated rings. The zero-order valence-corrected chi connectivity index (χ0v) is 13.4.